The number of nitrogens with zero attached hydrogens (tertiary/aromatic N) is 3. The van der Waals surface area contributed by atoms with E-state index in [0.29, 0.717) is 47.5 Å². The lowest BCUT2D eigenvalue weighted by atomic mass is 9.94. The zero-order chi connectivity index (χ0) is 18.6. The largest absolute Gasteiger partial charge is 0.463 e. The fraction of sp³-hybridized carbons (Fsp3) is 0.333. The van der Waals surface area contributed by atoms with Crippen molar-refractivity contribution in [2.75, 3.05) is 18.5 Å². The quantitative estimate of drug-likeness (QED) is 0.654. The van der Waals surface area contributed by atoms with Gasteiger partial charge in [-0.3, -0.25) is 9.59 Å². The van der Waals surface area contributed by atoms with E-state index in [9.17, 15) is 9.59 Å². The molecule has 0 saturated carbocycles. The minimum atomic E-state index is -0.238. The molecule has 8 nitrogen and oxygen atoms in total. The number of imidazole rings is 1. The molecule has 4 rings (SSSR count). The molecule has 140 valence electrons. The Morgan fingerprint density at radius 3 is 2.89 bits per heavy atom. The van der Waals surface area contributed by atoms with Crippen LogP contribution in [0.3, 0.4) is 0 Å². The van der Waals surface area contributed by atoms with E-state index in [2.05, 4.69) is 15.3 Å². The third-order valence-electron chi connectivity index (χ3n) is 4.33. The van der Waals surface area contributed by atoms with Gasteiger partial charge in [-0.25, -0.2) is 9.97 Å². The summed E-state index contributed by atoms with van der Waals surface area (Å²) in [5.74, 6) is 0.203. The summed E-state index contributed by atoms with van der Waals surface area (Å²) in [4.78, 5) is 34.1. The summed E-state index contributed by atoms with van der Waals surface area (Å²) in [6.07, 6.45) is 7.80. The molecule has 1 amide bonds. The molecule has 0 unspecified atom stereocenters. The van der Waals surface area contributed by atoms with E-state index in [4.69, 9.17) is 9.15 Å². The van der Waals surface area contributed by atoms with Gasteiger partial charge in [0.1, 0.15) is 17.1 Å². The number of nitrogens with one attached hydrogen (secondary N) is 1. The molecule has 0 radical (unpaired) electrons. The third-order valence-corrected chi connectivity index (χ3v) is 5.31. The van der Waals surface area contributed by atoms with Gasteiger partial charge in [-0.05, 0) is 25.0 Å². The van der Waals surface area contributed by atoms with E-state index in [1.54, 1.807) is 35.4 Å². The van der Waals surface area contributed by atoms with Crippen LogP contribution in [0, 0.1) is 5.92 Å². The Kier molecular flexibility index (Phi) is 5.12. The summed E-state index contributed by atoms with van der Waals surface area (Å²) < 4.78 is 12.4. The van der Waals surface area contributed by atoms with Crippen molar-refractivity contribution in [3.63, 3.8) is 0 Å². The van der Waals surface area contributed by atoms with Crippen LogP contribution in [0.15, 0.2) is 41.5 Å². The molecule has 9 heteroatoms. The summed E-state index contributed by atoms with van der Waals surface area (Å²) in [5.41, 5.74) is 0.472. The molecule has 3 aromatic rings. The van der Waals surface area contributed by atoms with Crippen LogP contribution in [0.25, 0.3) is 11.5 Å². The number of Topliss-reactive ketones (excluding diaryl/α,β-unsaturated/α-hetero) is 1. The van der Waals surface area contributed by atoms with Crippen LogP contribution < -0.4 is 5.32 Å². The van der Waals surface area contributed by atoms with Gasteiger partial charge in [0.15, 0.2) is 16.7 Å². The van der Waals surface area contributed by atoms with Crippen molar-refractivity contribution in [2.24, 2.45) is 5.92 Å². The Morgan fingerprint density at radius 1 is 1.33 bits per heavy atom. The highest BCUT2D eigenvalue weighted by molar-refractivity contribution is 7.18. The molecule has 0 atom stereocenters. The van der Waals surface area contributed by atoms with Crippen molar-refractivity contribution in [2.45, 2.75) is 19.4 Å². The first-order valence-electron chi connectivity index (χ1n) is 8.63. The van der Waals surface area contributed by atoms with Gasteiger partial charge in [-0.2, -0.15) is 0 Å². The number of ether oxygens (including phenoxy) is 1. The minimum absolute atomic E-state index is 0.0253. The van der Waals surface area contributed by atoms with E-state index in [-0.39, 0.29) is 24.2 Å². The van der Waals surface area contributed by atoms with Crippen molar-refractivity contribution in [3.05, 3.63) is 42.0 Å². The molecule has 1 N–H and O–H groups in total. The second kappa shape index (κ2) is 7.85. The molecule has 4 heterocycles. The van der Waals surface area contributed by atoms with Gasteiger partial charge >= 0.3 is 0 Å². The van der Waals surface area contributed by atoms with Crippen LogP contribution in [0.5, 0.6) is 0 Å². The van der Waals surface area contributed by atoms with Gasteiger partial charge in [0.05, 0.1) is 12.6 Å². The lowest BCUT2D eigenvalue weighted by Crippen LogP contribution is -2.23. The lowest BCUT2D eigenvalue weighted by Gasteiger charge is -2.20. The standard InChI is InChI=1S/C18H18N4O4S/c23-14(10-22-6-5-19-11-22)20-18-21-15(13-2-1-7-26-13)17(27-18)16(24)12-3-8-25-9-4-12/h1-2,5-7,11-12H,3-4,8-10H2,(H,20,21,23). The predicted octanol–water partition coefficient (Wildman–Crippen LogP) is 2.85. The molecule has 1 fully saturated rings. The van der Waals surface area contributed by atoms with Crippen LogP contribution in [0.4, 0.5) is 5.13 Å². The van der Waals surface area contributed by atoms with E-state index in [1.165, 1.54) is 17.6 Å². The summed E-state index contributed by atoms with van der Waals surface area (Å²) in [6, 6.07) is 3.50. The Morgan fingerprint density at radius 2 is 2.19 bits per heavy atom. The fourth-order valence-corrected chi connectivity index (χ4v) is 3.98. The summed E-state index contributed by atoms with van der Waals surface area (Å²) in [6.45, 7) is 1.29. The summed E-state index contributed by atoms with van der Waals surface area (Å²) in [7, 11) is 0. The maximum atomic E-state index is 13.0. The second-order valence-corrected chi connectivity index (χ2v) is 7.21. The second-order valence-electron chi connectivity index (χ2n) is 6.21. The van der Waals surface area contributed by atoms with E-state index >= 15 is 0 Å². The van der Waals surface area contributed by atoms with Gasteiger partial charge in [-0.1, -0.05) is 11.3 Å². The molecule has 1 aliphatic rings. The monoisotopic (exact) mass is 386 g/mol. The van der Waals surface area contributed by atoms with Crippen molar-refractivity contribution < 1.29 is 18.7 Å². The number of thiazole rings is 1. The Bertz CT molecular complexity index is 911. The van der Waals surface area contributed by atoms with Gasteiger partial charge in [-0.15, -0.1) is 0 Å². The summed E-state index contributed by atoms with van der Waals surface area (Å²) >= 11 is 1.18. The highest BCUT2D eigenvalue weighted by Gasteiger charge is 2.29. The van der Waals surface area contributed by atoms with Gasteiger partial charge < -0.3 is 19.0 Å². The zero-order valence-corrected chi connectivity index (χ0v) is 15.3. The number of amides is 1. The number of carbonyl (C=O) groups excluding carboxylic acids is 2. The number of ketones is 1. The first-order valence-corrected chi connectivity index (χ1v) is 9.44. The summed E-state index contributed by atoms with van der Waals surface area (Å²) in [5, 5.41) is 3.14. The molecule has 0 spiro atoms. The number of hydrogen-bond acceptors (Lipinski definition) is 7. The predicted molar refractivity (Wildman–Crippen MR) is 98.5 cm³/mol. The molecule has 1 saturated heterocycles. The maximum absolute atomic E-state index is 13.0. The SMILES string of the molecule is O=C(Cn1ccnc1)Nc1nc(-c2ccco2)c(C(=O)C2CCOCC2)s1. The first-order chi connectivity index (χ1) is 13.2. The van der Waals surface area contributed by atoms with Crippen molar-refractivity contribution in [1.82, 2.24) is 14.5 Å². The molecule has 3 aromatic heterocycles. The number of carbonyl (C=O) groups is 2. The van der Waals surface area contributed by atoms with Crippen LogP contribution in [0.2, 0.25) is 0 Å². The third kappa shape index (κ3) is 3.99. The van der Waals surface area contributed by atoms with Gasteiger partial charge in [0, 0.05) is 31.5 Å². The smallest absolute Gasteiger partial charge is 0.246 e. The zero-order valence-electron chi connectivity index (χ0n) is 14.5. The Hall–Kier alpha value is -2.78. The number of rotatable bonds is 6. The first kappa shape index (κ1) is 17.6. The van der Waals surface area contributed by atoms with Crippen molar-refractivity contribution in [1.29, 1.82) is 0 Å². The van der Waals surface area contributed by atoms with Crippen LogP contribution in [0.1, 0.15) is 22.5 Å². The average molecular weight is 386 g/mol. The Labute approximate surface area is 159 Å². The highest BCUT2D eigenvalue weighted by atomic mass is 32.1. The molecule has 27 heavy (non-hydrogen) atoms. The van der Waals surface area contributed by atoms with E-state index in [1.807, 2.05) is 0 Å². The number of aromatic nitrogens is 3. The number of anilines is 1. The molecule has 0 aromatic carbocycles. The molecule has 1 aliphatic heterocycles. The number of furan rings is 1. The normalized spacial score (nSPS) is 15.0. The van der Waals surface area contributed by atoms with Crippen LogP contribution in [-0.2, 0) is 16.1 Å². The fourth-order valence-electron chi connectivity index (χ4n) is 2.97. The molecule has 0 aliphatic carbocycles. The van der Waals surface area contributed by atoms with Crippen molar-refractivity contribution in [3.8, 4) is 11.5 Å². The lowest BCUT2D eigenvalue weighted by molar-refractivity contribution is -0.116. The highest BCUT2D eigenvalue weighted by Crippen LogP contribution is 2.35. The van der Waals surface area contributed by atoms with Crippen LogP contribution in [-0.4, -0.2) is 39.4 Å². The maximum Gasteiger partial charge on any atom is 0.246 e. The molecular weight excluding hydrogens is 368 g/mol. The van der Waals surface area contributed by atoms with Crippen molar-refractivity contribution >= 4 is 28.2 Å². The van der Waals surface area contributed by atoms with E-state index < -0.39 is 0 Å². The van der Waals surface area contributed by atoms with Gasteiger partial charge in [0.25, 0.3) is 0 Å². The topological polar surface area (TPSA) is 99.3 Å². The minimum Gasteiger partial charge on any atom is -0.463 e. The molecular formula is C18H18N4O4S. The Balaban J connectivity index is 1.57. The number of hydrogen-bond donors (Lipinski definition) is 1. The molecule has 0 bridgehead atoms. The van der Waals surface area contributed by atoms with Gasteiger partial charge in [0.2, 0.25) is 5.91 Å². The average Bonchev–Trinajstić information content (AvgIpc) is 3.43. The van der Waals surface area contributed by atoms with E-state index in [0.717, 1.165) is 0 Å². The van der Waals surface area contributed by atoms with Crippen LogP contribution >= 0.6 is 11.3 Å².